The molecule has 0 aromatic heterocycles. The van der Waals surface area contributed by atoms with Crippen LogP contribution < -0.4 is 5.32 Å². The van der Waals surface area contributed by atoms with Crippen LogP contribution in [0.3, 0.4) is 0 Å². The van der Waals surface area contributed by atoms with Crippen LogP contribution in [0, 0.1) is 17.1 Å². The van der Waals surface area contributed by atoms with Gasteiger partial charge < -0.3 is 15.2 Å². The van der Waals surface area contributed by atoms with E-state index in [2.05, 4.69) is 11.9 Å². The van der Waals surface area contributed by atoms with Crippen LogP contribution in [-0.2, 0) is 4.74 Å². The molecule has 0 saturated heterocycles. The van der Waals surface area contributed by atoms with Crippen molar-refractivity contribution in [1.82, 2.24) is 5.32 Å². The zero-order valence-corrected chi connectivity index (χ0v) is 13.5. The number of hydrogen-bond donors (Lipinski definition) is 2. The summed E-state index contributed by atoms with van der Waals surface area (Å²) in [5.74, 6) is -0.587. The van der Waals surface area contributed by atoms with Crippen LogP contribution in [0.15, 0.2) is 30.4 Å². The van der Waals surface area contributed by atoms with Gasteiger partial charge in [0.2, 0.25) is 0 Å². The molecule has 0 aliphatic rings. The highest BCUT2D eigenvalue weighted by Gasteiger charge is 2.17. The van der Waals surface area contributed by atoms with E-state index in [-0.39, 0.29) is 18.5 Å². The largest absolute Gasteiger partial charge is 0.444 e. The van der Waals surface area contributed by atoms with Crippen molar-refractivity contribution < 1.29 is 19.0 Å². The monoisotopic (exact) mass is 320 g/mol. The van der Waals surface area contributed by atoms with Crippen molar-refractivity contribution in [2.45, 2.75) is 38.9 Å². The van der Waals surface area contributed by atoms with Crippen LogP contribution >= 0.6 is 0 Å². The van der Waals surface area contributed by atoms with E-state index < -0.39 is 23.6 Å². The third kappa shape index (κ3) is 6.94. The lowest BCUT2D eigenvalue weighted by Gasteiger charge is -2.20. The van der Waals surface area contributed by atoms with Crippen molar-refractivity contribution in [3.63, 3.8) is 0 Å². The SMILES string of the molecule is C=C(CNC(=O)OC(C)(C)C)CC(O)c1cc(F)cc(C#N)c1. The predicted octanol–water partition coefficient (Wildman–Crippen LogP) is 3.20. The molecule has 6 heteroatoms. The van der Waals surface area contributed by atoms with Crippen molar-refractivity contribution in [1.29, 1.82) is 5.26 Å². The molecule has 0 fully saturated rings. The van der Waals surface area contributed by atoms with Crippen LogP contribution in [-0.4, -0.2) is 23.3 Å². The van der Waals surface area contributed by atoms with Crippen LogP contribution in [0.2, 0.25) is 0 Å². The van der Waals surface area contributed by atoms with Gasteiger partial charge in [0, 0.05) is 6.54 Å². The number of halogens is 1. The highest BCUT2D eigenvalue weighted by atomic mass is 19.1. The first-order valence-corrected chi connectivity index (χ1v) is 7.13. The molecule has 0 radical (unpaired) electrons. The zero-order chi connectivity index (χ0) is 17.6. The van der Waals surface area contributed by atoms with Crippen LogP contribution in [0.4, 0.5) is 9.18 Å². The normalized spacial score (nSPS) is 12.2. The summed E-state index contributed by atoms with van der Waals surface area (Å²) in [4.78, 5) is 11.5. The number of rotatable bonds is 5. The smallest absolute Gasteiger partial charge is 0.407 e. The molecule has 0 saturated carbocycles. The number of carbonyl (C=O) groups is 1. The average molecular weight is 320 g/mol. The molecule has 124 valence electrons. The fraction of sp³-hybridized carbons (Fsp3) is 0.412. The molecule has 0 aliphatic heterocycles. The van der Waals surface area contributed by atoms with Gasteiger partial charge in [0.25, 0.3) is 0 Å². The van der Waals surface area contributed by atoms with Gasteiger partial charge in [0.05, 0.1) is 17.7 Å². The maximum absolute atomic E-state index is 13.4. The molecule has 0 spiro atoms. The lowest BCUT2D eigenvalue weighted by Crippen LogP contribution is -2.33. The highest BCUT2D eigenvalue weighted by Crippen LogP contribution is 2.22. The summed E-state index contributed by atoms with van der Waals surface area (Å²) in [6, 6.07) is 5.51. The fourth-order valence-corrected chi connectivity index (χ4v) is 1.84. The molecule has 23 heavy (non-hydrogen) atoms. The summed E-state index contributed by atoms with van der Waals surface area (Å²) < 4.78 is 18.5. The van der Waals surface area contributed by atoms with Crippen molar-refractivity contribution in [3.05, 3.63) is 47.3 Å². The first kappa shape index (κ1) is 18.7. The number of hydrogen-bond acceptors (Lipinski definition) is 4. The molecule has 1 amide bonds. The number of amides is 1. The summed E-state index contributed by atoms with van der Waals surface area (Å²) in [5.41, 5.74) is 0.378. The molecule has 0 heterocycles. The maximum atomic E-state index is 13.4. The van der Waals surface area contributed by atoms with E-state index in [9.17, 15) is 14.3 Å². The molecule has 5 nitrogen and oxygen atoms in total. The molecule has 1 atom stereocenters. The number of carbonyl (C=O) groups excluding carboxylic acids is 1. The van der Waals surface area contributed by atoms with Crippen LogP contribution in [0.25, 0.3) is 0 Å². The summed E-state index contributed by atoms with van der Waals surface area (Å²) in [6.07, 6.45) is -1.46. The van der Waals surface area contributed by atoms with Crippen LogP contribution in [0.1, 0.15) is 44.4 Å². The quantitative estimate of drug-likeness (QED) is 0.816. The summed E-state index contributed by atoms with van der Waals surface area (Å²) in [5, 5.41) is 21.4. The standard InChI is InChI=1S/C17H21FN2O3/c1-11(10-20-16(22)23-17(2,3)4)5-15(21)13-6-12(9-19)7-14(18)8-13/h6-8,15,21H,1,5,10H2,2-4H3,(H,20,22). The number of nitriles is 1. The predicted molar refractivity (Wildman–Crippen MR) is 84.1 cm³/mol. The molecule has 0 aliphatic carbocycles. The number of nitrogens with zero attached hydrogens (tertiary/aromatic N) is 1. The second kappa shape index (κ2) is 7.75. The number of ether oxygens (including phenoxy) is 1. The Hall–Kier alpha value is -2.39. The average Bonchev–Trinajstić information content (AvgIpc) is 2.42. The maximum Gasteiger partial charge on any atom is 0.407 e. The Bertz CT molecular complexity index is 630. The minimum Gasteiger partial charge on any atom is -0.444 e. The van der Waals surface area contributed by atoms with Gasteiger partial charge in [-0.25, -0.2) is 9.18 Å². The number of aliphatic hydroxyl groups is 1. The molecule has 1 aromatic rings. The highest BCUT2D eigenvalue weighted by molar-refractivity contribution is 5.68. The van der Waals surface area contributed by atoms with E-state index in [0.717, 1.165) is 6.07 Å². The minimum absolute atomic E-state index is 0.129. The molecule has 0 bridgehead atoms. The lowest BCUT2D eigenvalue weighted by molar-refractivity contribution is 0.0531. The molecular weight excluding hydrogens is 299 g/mol. The zero-order valence-electron chi connectivity index (χ0n) is 13.5. The minimum atomic E-state index is -1.01. The number of benzene rings is 1. The summed E-state index contributed by atoms with van der Waals surface area (Å²) >= 11 is 0. The fourth-order valence-electron chi connectivity index (χ4n) is 1.84. The Kier molecular flexibility index (Phi) is 6.28. The molecule has 2 N–H and O–H groups in total. The first-order valence-electron chi connectivity index (χ1n) is 7.13. The van der Waals surface area contributed by atoms with E-state index in [1.165, 1.54) is 12.1 Å². The number of aliphatic hydroxyl groups excluding tert-OH is 1. The molecule has 1 rings (SSSR count). The van der Waals surface area contributed by atoms with Crippen molar-refractivity contribution in [3.8, 4) is 6.07 Å². The number of nitrogens with one attached hydrogen (secondary N) is 1. The molecule has 1 aromatic carbocycles. The van der Waals surface area contributed by atoms with Gasteiger partial charge in [-0.2, -0.15) is 5.26 Å². The second-order valence-electron chi connectivity index (χ2n) is 6.21. The van der Waals surface area contributed by atoms with Gasteiger partial charge in [0.15, 0.2) is 0 Å². The van der Waals surface area contributed by atoms with Gasteiger partial charge in [-0.1, -0.05) is 12.2 Å². The molecule has 1 unspecified atom stereocenters. The van der Waals surface area contributed by atoms with Crippen LogP contribution in [0.5, 0.6) is 0 Å². The van der Waals surface area contributed by atoms with E-state index >= 15 is 0 Å². The van der Waals surface area contributed by atoms with Crippen molar-refractivity contribution in [2.24, 2.45) is 0 Å². The van der Waals surface area contributed by atoms with Crippen molar-refractivity contribution in [2.75, 3.05) is 6.54 Å². The lowest BCUT2D eigenvalue weighted by atomic mass is 10.0. The van der Waals surface area contributed by atoms with E-state index in [1.54, 1.807) is 20.8 Å². The first-order chi connectivity index (χ1) is 10.6. The van der Waals surface area contributed by atoms with Gasteiger partial charge in [0.1, 0.15) is 11.4 Å². The van der Waals surface area contributed by atoms with E-state index in [4.69, 9.17) is 10.00 Å². The Labute approximate surface area is 135 Å². The topological polar surface area (TPSA) is 82.3 Å². The van der Waals surface area contributed by atoms with Gasteiger partial charge >= 0.3 is 6.09 Å². The van der Waals surface area contributed by atoms with Gasteiger partial charge in [-0.15, -0.1) is 0 Å². The van der Waals surface area contributed by atoms with Gasteiger partial charge in [-0.05, 0) is 51.0 Å². The Balaban J connectivity index is 2.56. The summed E-state index contributed by atoms with van der Waals surface area (Å²) in [7, 11) is 0. The Morgan fingerprint density at radius 2 is 2.13 bits per heavy atom. The Morgan fingerprint density at radius 1 is 1.48 bits per heavy atom. The third-order valence-electron chi connectivity index (χ3n) is 2.80. The van der Waals surface area contributed by atoms with Gasteiger partial charge in [-0.3, -0.25) is 0 Å². The van der Waals surface area contributed by atoms with E-state index in [1.807, 2.05) is 6.07 Å². The Morgan fingerprint density at radius 3 is 2.70 bits per heavy atom. The second-order valence-corrected chi connectivity index (χ2v) is 6.21. The van der Waals surface area contributed by atoms with E-state index in [0.29, 0.717) is 11.1 Å². The molecular formula is C17H21FN2O3. The summed E-state index contributed by atoms with van der Waals surface area (Å²) in [6.45, 7) is 9.15. The van der Waals surface area contributed by atoms with Crippen molar-refractivity contribution >= 4 is 6.09 Å². The third-order valence-corrected chi connectivity index (χ3v) is 2.80. The number of alkyl carbamates (subject to hydrolysis) is 1.